The van der Waals surface area contributed by atoms with Crippen LogP contribution in [0, 0.1) is 0 Å². The van der Waals surface area contributed by atoms with Crippen LogP contribution in [0.5, 0.6) is 11.5 Å². The average Bonchev–Trinajstić information content (AvgIpc) is 3.03. The zero-order valence-corrected chi connectivity index (χ0v) is 12.6. The Hall–Kier alpha value is -3.10. The lowest BCUT2D eigenvalue weighted by atomic mass is 10.0. The number of fused-ring (bicyclic) bond motifs is 1. The number of tetrazole rings is 1. The fourth-order valence-electron chi connectivity index (χ4n) is 2.36. The van der Waals surface area contributed by atoms with Crippen LogP contribution in [0.25, 0.3) is 0 Å². The fraction of sp³-hybridized carbons (Fsp3) is 0.286. The highest BCUT2D eigenvalue weighted by Crippen LogP contribution is 2.34. The van der Waals surface area contributed by atoms with Crippen molar-refractivity contribution in [2.75, 3.05) is 19.0 Å². The highest BCUT2D eigenvalue weighted by Gasteiger charge is 2.27. The lowest BCUT2D eigenvalue weighted by Gasteiger charge is -2.22. The lowest BCUT2D eigenvalue weighted by Crippen LogP contribution is -2.24. The van der Waals surface area contributed by atoms with E-state index in [1.807, 2.05) is 13.0 Å². The van der Waals surface area contributed by atoms with Gasteiger partial charge in [-0.05, 0) is 41.1 Å². The molecule has 2 aromatic rings. The van der Waals surface area contributed by atoms with E-state index in [1.54, 1.807) is 25.3 Å². The minimum atomic E-state index is -1.08. The molecule has 1 aromatic carbocycles. The summed E-state index contributed by atoms with van der Waals surface area (Å²) in [6.07, 6.45) is 1.54. The number of hydrogen-bond acceptors (Lipinski definition) is 7. The molecule has 23 heavy (non-hydrogen) atoms. The molecule has 1 aliphatic heterocycles. The van der Waals surface area contributed by atoms with Crippen LogP contribution < -0.4 is 14.8 Å². The first-order valence-electron chi connectivity index (χ1n) is 6.94. The quantitative estimate of drug-likeness (QED) is 0.842. The molecule has 2 N–H and O–H groups in total. The van der Waals surface area contributed by atoms with Gasteiger partial charge in [0.25, 0.3) is 0 Å². The second kappa shape index (κ2) is 5.95. The molecule has 0 bridgehead atoms. The molecule has 3 rings (SSSR count). The van der Waals surface area contributed by atoms with Crippen molar-refractivity contribution < 1.29 is 19.4 Å². The third-order valence-corrected chi connectivity index (χ3v) is 3.39. The predicted molar refractivity (Wildman–Crippen MR) is 79.5 cm³/mol. The first-order chi connectivity index (χ1) is 11.1. The number of carboxylic acids is 1. The van der Waals surface area contributed by atoms with Crippen molar-refractivity contribution in [2.24, 2.45) is 0 Å². The number of nitrogens with one attached hydrogen (secondary N) is 1. The number of methoxy groups -OCH3 is 1. The number of nitrogens with zero attached hydrogens (tertiary/aromatic N) is 4. The Morgan fingerprint density at radius 2 is 2.26 bits per heavy atom. The molecule has 0 spiro atoms. The molecule has 1 atom stereocenters. The number of aliphatic carboxylic acids is 1. The van der Waals surface area contributed by atoms with E-state index in [2.05, 4.69) is 20.8 Å². The monoisotopic (exact) mass is 317 g/mol. The summed E-state index contributed by atoms with van der Waals surface area (Å²) in [4.78, 5) is 11.3. The smallest absolute Gasteiger partial charge is 0.352 e. The largest absolute Gasteiger partial charge is 0.493 e. The molecular weight excluding hydrogens is 302 g/mol. The van der Waals surface area contributed by atoms with Gasteiger partial charge in [0.15, 0.2) is 11.5 Å². The number of rotatable bonds is 5. The fourth-order valence-corrected chi connectivity index (χ4v) is 2.36. The molecule has 2 heterocycles. The van der Waals surface area contributed by atoms with Crippen molar-refractivity contribution in [3.8, 4) is 11.5 Å². The molecule has 0 fully saturated rings. The van der Waals surface area contributed by atoms with Gasteiger partial charge < -0.3 is 19.9 Å². The molecule has 120 valence electrons. The van der Waals surface area contributed by atoms with Crippen LogP contribution >= 0.6 is 0 Å². The van der Waals surface area contributed by atoms with E-state index in [-0.39, 0.29) is 11.6 Å². The molecular formula is C14H15N5O4. The number of carboxylic acid groups (broad SMARTS) is 1. The Morgan fingerprint density at radius 3 is 2.96 bits per heavy atom. The summed E-state index contributed by atoms with van der Waals surface area (Å²) in [6.45, 7) is 2.40. The Bertz CT molecular complexity index is 770. The van der Waals surface area contributed by atoms with Crippen molar-refractivity contribution in [1.82, 2.24) is 20.2 Å². The van der Waals surface area contributed by atoms with Gasteiger partial charge in [0.2, 0.25) is 5.95 Å². The van der Waals surface area contributed by atoms with E-state index in [0.717, 1.165) is 5.56 Å². The Balaban J connectivity index is 2.05. The third-order valence-electron chi connectivity index (χ3n) is 3.39. The van der Waals surface area contributed by atoms with E-state index < -0.39 is 12.0 Å². The zero-order chi connectivity index (χ0) is 16.4. The summed E-state index contributed by atoms with van der Waals surface area (Å²) in [5, 5.41) is 23.2. The van der Waals surface area contributed by atoms with Crippen LogP contribution in [0.3, 0.4) is 0 Å². The SMILES string of the molecule is CCOc1ccc(C2C=C(C(=O)O)Nc3nnnn32)cc1OC. The molecule has 0 saturated heterocycles. The first kappa shape index (κ1) is 14.8. The number of hydrogen-bond donors (Lipinski definition) is 2. The van der Waals surface area contributed by atoms with Crippen LogP contribution in [-0.2, 0) is 4.79 Å². The Morgan fingerprint density at radius 1 is 1.43 bits per heavy atom. The van der Waals surface area contributed by atoms with Gasteiger partial charge in [0, 0.05) is 0 Å². The molecule has 9 nitrogen and oxygen atoms in total. The molecule has 1 aliphatic rings. The maximum absolute atomic E-state index is 11.3. The summed E-state index contributed by atoms with van der Waals surface area (Å²) in [5.41, 5.74) is 0.796. The number of carbonyl (C=O) groups is 1. The Labute approximate surface area is 131 Å². The number of ether oxygens (including phenoxy) is 2. The third kappa shape index (κ3) is 2.68. The summed E-state index contributed by atoms with van der Waals surface area (Å²) >= 11 is 0. The van der Waals surface area contributed by atoms with E-state index in [9.17, 15) is 9.90 Å². The Kier molecular flexibility index (Phi) is 3.83. The topological polar surface area (TPSA) is 111 Å². The van der Waals surface area contributed by atoms with Crippen molar-refractivity contribution in [3.05, 3.63) is 35.5 Å². The maximum Gasteiger partial charge on any atom is 0.352 e. The minimum Gasteiger partial charge on any atom is -0.493 e. The average molecular weight is 317 g/mol. The van der Waals surface area contributed by atoms with Crippen molar-refractivity contribution >= 4 is 11.9 Å². The van der Waals surface area contributed by atoms with Crippen molar-refractivity contribution in [1.29, 1.82) is 0 Å². The van der Waals surface area contributed by atoms with Crippen molar-refractivity contribution in [3.63, 3.8) is 0 Å². The van der Waals surface area contributed by atoms with Gasteiger partial charge in [-0.1, -0.05) is 11.2 Å². The second-order valence-electron chi connectivity index (χ2n) is 4.75. The number of anilines is 1. The molecule has 0 radical (unpaired) electrons. The van der Waals surface area contributed by atoms with Crippen molar-refractivity contribution in [2.45, 2.75) is 13.0 Å². The van der Waals surface area contributed by atoms with Crippen LogP contribution in [0.4, 0.5) is 5.95 Å². The summed E-state index contributed by atoms with van der Waals surface area (Å²) in [6, 6.07) is 4.92. The van der Waals surface area contributed by atoms with E-state index >= 15 is 0 Å². The highest BCUT2D eigenvalue weighted by molar-refractivity contribution is 5.90. The van der Waals surface area contributed by atoms with Gasteiger partial charge in [-0.3, -0.25) is 0 Å². The summed E-state index contributed by atoms with van der Waals surface area (Å²) in [7, 11) is 1.55. The number of benzene rings is 1. The lowest BCUT2D eigenvalue weighted by molar-refractivity contribution is -0.132. The van der Waals surface area contributed by atoms with Gasteiger partial charge in [-0.15, -0.1) is 0 Å². The summed E-state index contributed by atoms with van der Waals surface area (Å²) < 4.78 is 12.3. The van der Waals surface area contributed by atoms with Gasteiger partial charge in [-0.2, -0.15) is 4.68 Å². The van der Waals surface area contributed by atoms with Crippen LogP contribution in [0.2, 0.25) is 0 Å². The number of allylic oxidation sites excluding steroid dienone is 1. The molecule has 1 aromatic heterocycles. The van der Waals surface area contributed by atoms with Crippen LogP contribution in [-0.4, -0.2) is 45.0 Å². The van der Waals surface area contributed by atoms with Gasteiger partial charge in [0.1, 0.15) is 11.7 Å². The molecule has 0 amide bonds. The van der Waals surface area contributed by atoms with E-state index in [1.165, 1.54) is 4.68 Å². The van der Waals surface area contributed by atoms with Gasteiger partial charge in [0.05, 0.1) is 13.7 Å². The normalized spacial score (nSPS) is 16.1. The van der Waals surface area contributed by atoms with Crippen LogP contribution in [0.15, 0.2) is 30.0 Å². The van der Waals surface area contributed by atoms with Gasteiger partial charge >= 0.3 is 5.97 Å². The second-order valence-corrected chi connectivity index (χ2v) is 4.75. The highest BCUT2D eigenvalue weighted by atomic mass is 16.5. The zero-order valence-electron chi connectivity index (χ0n) is 12.6. The van der Waals surface area contributed by atoms with E-state index in [4.69, 9.17) is 9.47 Å². The van der Waals surface area contributed by atoms with Crippen LogP contribution in [0.1, 0.15) is 18.5 Å². The maximum atomic E-state index is 11.3. The molecule has 0 aliphatic carbocycles. The van der Waals surface area contributed by atoms with E-state index in [0.29, 0.717) is 18.1 Å². The molecule has 0 saturated carbocycles. The predicted octanol–water partition coefficient (Wildman–Crippen LogP) is 1.06. The first-order valence-corrected chi connectivity index (χ1v) is 6.94. The summed E-state index contributed by atoms with van der Waals surface area (Å²) in [5.74, 6) is 0.361. The molecule has 1 unspecified atom stereocenters. The number of aromatic nitrogens is 4. The standard InChI is InChI=1S/C14H15N5O4/c1-3-23-11-5-4-8(6-12(11)22-2)10-7-9(13(20)21)15-14-16-17-18-19(10)14/h4-7,10H,3H2,1-2H3,(H,20,21)(H,15,16,18). The minimum absolute atomic E-state index is 0.0187. The molecule has 9 heteroatoms. The van der Waals surface area contributed by atoms with Gasteiger partial charge in [-0.25, -0.2) is 4.79 Å².